The number of nitrogens with zero attached hydrogens (tertiary/aromatic N) is 4. The van der Waals surface area contributed by atoms with E-state index < -0.39 is 0 Å². The van der Waals surface area contributed by atoms with Crippen LogP contribution in [0.1, 0.15) is 31.9 Å². The Morgan fingerprint density at radius 2 is 2.20 bits per heavy atom. The summed E-state index contributed by atoms with van der Waals surface area (Å²) in [7, 11) is 3.94. The fourth-order valence-electron chi connectivity index (χ4n) is 3.07. The van der Waals surface area contributed by atoms with E-state index >= 15 is 0 Å². The second-order valence-electron chi connectivity index (χ2n) is 6.33. The molecule has 0 aromatic carbocycles. The molecule has 1 aliphatic heterocycles. The largest absolute Gasteiger partial charge is 0.347 e. The highest BCUT2D eigenvalue weighted by molar-refractivity contribution is 5.27. The van der Waals surface area contributed by atoms with Crippen molar-refractivity contribution in [1.29, 1.82) is 0 Å². The van der Waals surface area contributed by atoms with Gasteiger partial charge in [-0.1, -0.05) is 0 Å². The van der Waals surface area contributed by atoms with Crippen LogP contribution < -0.4 is 10.2 Å². The van der Waals surface area contributed by atoms with Gasteiger partial charge in [0.25, 0.3) is 0 Å². The van der Waals surface area contributed by atoms with Crippen molar-refractivity contribution in [2.45, 2.75) is 50.9 Å². The third kappa shape index (κ3) is 3.10. The van der Waals surface area contributed by atoms with E-state index in [1.165, 1.54) is 25.8 Å². The standard InChI is InChI=1S/C15H25N5/c1-11-8-13(10-20(11)14-4-5-14)17-9-12-6-7-16-15(18-12)19(2)3/h6-7,11,13-14,17H,4-5,8-10H2,1-3H3. The second-order valence-corrected chi connectivity index (χ2v) is 6.33. The highest BCUT2D eigenvalue weighted by Crippen LogP contribution is 2.33. The third-order valence-corrected chi connectivity index (χ3v) is 4.31. The van der Waals surface area contributed by atoms with E-state index in [4.69, 9.17) is 0 Å². The Morgan fingerprint density at radius 3 is 2.90 bits per heavy atom. The van der Waals surface area contributed by atoms with Crippen molar-refractivity contribution in [2.75, 3.05) is 25.5 Å². The topological polar surface area (TPSA) is 44.3 Å². The summed E-state index contributed by atoms with van der Waals surface area (Å²) in [5, 5.41) is 3.66. The van der Waals surface area contributed by atoms with Crippen LogP contribution in [0.5, 0.6) is 0 Å². The van der Waals surface area contributed by atoms with E-state index in [9.17, 15) is 0 Å². The fourth-order valence-corrected chi connectivity index (χ4v) is 3.07. The van der Waals surface area contributed by atoms with Crippen LogP contribution in [-0.4, -0.2) is 53.6 Å². The lowest BCUT2D eigenvalue weighted by molar-refractivity contribution is 0.255. The Balaban J connectivity index is 1.53. The second kappa shape index (κ2) is 5.66. The maximum Gasteiger partial charge on any atom is 0.225 e. The summed E-state index contributed by atoms with van der Waals surface area (Å²) in [6.07, 6.45) is 5.89. The Morgan fingerprint density at radius 1 is 1.40 bits per heavy atom. The van der Waals surface area contributed by atoms with Crippen LogP contribution in [0.25, 0.3) is 0 Å². The molecule has 1 aromatic heterocycles. The molecule has 1 aliphatic carbocycles. The van der Waals surface area contributed by atoms with E-state index in [2.05, 4.69) is 27.1 Å². The van der Waals surface area contributed by atoms with Crippen LogP contribution >= 0.6 is 0 Å². The van der Waals surface area contributed by atoms with Gasteiger partial charge in [-0.2, -0.15) is 0 Å². The number of nitrogens with one attached hydrogen (secondary N) is 1. The Bertz CT molecular complexity index is 457. The predicted octanol–water partition coefficient (Wildman–Crippen LogP) is 1.26. The number of rotatable bonds is 5. The maximum atomic E-state index is 4.56. The molecule has 0 radical (unpaired) electrons. The highest BCUT2D eigenvalue weighted by atomic mass is 15.3. The van der Waals surface area contributed by atoms with Crippen molar-refractivity contribution in [3.05, 3.63) is 18.0 Å². The van der Waals surface area contributed by atoms with E-state index in [0.717, 1.165) is 30.3 Å². The molecule has 0 bridgehead atoms. The van der Waals surface area contributed by atoms with Crippen LogP contribution in [-0.2, 0) is 6.54 Å². The first-order valence-corrected chi connectivity index (χ1v) is 7.62. The quantitative estimate of drug-likeness (QED) is 0.876. The number of likely N-dealkylation sites (tertiary alicyclic amines) is 1. The first kappa shape index (κ1) is 13.8. The van der Waals surface area contributed by atoms with Gasteiger partial charge in [0, 0.05) is 51.5 Å². The SMILES string of the molecule is CC1CC(NCc2ccnc(N(C)C)n2)CN1C1CC1. The van der Waals surface area contributed by atoms with Crippen LogP contribution in [0.2, 0.25) is 0 Å². The summed E-state index contributed by atoms with van der Waals surface area (Å²) in [6, 6.07) is 4.19. The zero-order valence-electron chi connectivity index (χ0n) is 12.7. The van der Waals surface area contributed by atoms with Crippen molar-refractivity contribution in [3.63, 3.8) is 0 Å². The number of hydrogen-bond donors (Lipinski definition) is 1. The molecule has 2 aliphatic rings. The molecule has 2 atom stereocenters. The van der Waals surface area contributed by atoms with Gasteiger partial charge in [-0.05, 0) is 32.3 Å². The molecule has 1 saturated heterocycles. The monoisotopic (exact) mass is 275 g/mol. The molecule has 2 fully saturated rings. The smallest absolute Gasteiger partial charge is 0.225 e. The van der Waals surface area contributed by atoms with Crippen molar-refractivity contribution in [1.82, 2.24) is 20.2 Å². The molecule has 2 heterocycles. The predicted molar refractivity (Wildman–Crippen MR) is 80.8 cm³/mol. The Labute approximate surface area is 121 Å². The molecule has 1 N–H and O–H groups in total. The summed E-state index contributed by atoms with van der Waals surface area (Å²) >= 11 is 0. The number of hydrogen-bond acceptors (Lipinski definition) is 5. The minimum atomic E-state index is 0.600. The van der Waals surface area contributed by atoms with Crippen molar-refractivity contribution in [3.8, 4) is 0 Å². The molecule has 5 nitrogen and oxygen atoms in total. The lowest BCUT2D eigenvalue weighted by Crippen LogP contribution is -2.34. The van der Waals surface area contributed by atoms with Gasteiger partial charge in [0.05, 0.1) is 5.69 Å². The van der Waals surface area contributed by atoms with Crippen LogP contribution in [0, 0.1) is 0 Å². The lowest BCUT2D eigenvalue weighted by atomic mass is 10.2. The van der Waals surface area contributed by atoms with Crippen LogP contribution in [0.3, 0.4) is 0 Å². The van der Waals surface area contributed by atoms with Crippen molar-refractivity contribution in [2.24, 2.45) is 0 Å². The summed E-state index contributed by atoms with van der Waals surface area (Å²) in [5.74, 6) is 0.781. The molecular weight excluding hydrogens is 250 g/mol. The van der Waals surface area contributed by atoms with E-state index in [1.807, 2.05) is 31.3 Å². The van der Waals surface area contributed by atoms with E-state index in [1.54, 1.807) is 0 Å². The van der Waals surface area contributed by atoms with E-state index in [0.29, 0.717) is 6.04 Å². The maximum absolute atomic E-state index is 4.56. The molecule has 3 rings (SSSR count). The van der Waals surface area contributed by atoms with Gasteiger partial charge in [0.1, 0.15) is 0 Å². The van der Waals surface area contributed by atoms with Gasteiger partial charge in [0.2, 0.25) is 5.95 Å². The molecule has 0 amide bonds. The molecule has 0 spiro atoms. The average Bonchev–Trinajstić information content (AvgIpc) is 3.21. The molecule has 20 heavy (non-hydrogen) atoms. The summed E-state index contributed by atoms with van der Waals surface area (Å²) in [6.45, 7) is 4.38. The summed E-state index contributed by atoms with van der Waals surface area (Å²) in [5.41, 5.74) is 1.07. The lowest BCUT2D eigenvalue weighted by Gasteiger charge is -2.19. The number of anilines is 1. The van der Waals surface area contributed by atoms with Gasteiger partial charge >= 0.3 is 0 Å². The van der Waals surface area contributed by atoms with Gasteiger partial charge < -0.3 is 10.2 Å². The zero-order chi connectivity index (χ0) is 14.1. The molecule has 2 unspecified atom stereocenters. The minimum absolute atomic E-state index is 0.600. The Kier molecular flexibility index (Phi) is 3.89. The van der Waals surface area contributed by atoms with Gasteiger partial charge in [-0.15, -0.1) is 0 Å². The zero-order valence-corrected chi connectivity index (χ0v) is 12.7. The van der Waals surface area contributed by atoms with Crippen molar-refractivity contribution < 1.29 is 0 Å². The van der Waals surface area contributed by atoms with Gasteiger partial charge in [-0.25, -0.2) is 9.97 Å². The average molecular weight is 275 g/mol. The molecule has 1 saturated carbocycles. The Hall–Kier alpha value is -1.20. The number of aromatic nitrogens is 2. The minimum Gasteiger partial charge on any atom is -0.347 e. The molecule has 1 aromatic rings. The molecule has 110 valence electrons. The molecule has 5 heteroatoms. The van der Waals surface area contributed by atoms with Gasteiger partial charge in [-0.3, -0.25) is 4.90 Å². The van der Waals surface area contributed by atoms with Crippen molar-refractivity contribution >= 4 is 5.95 Å². The first-order valence-electron chi connectivity index (χ1n) is 7.62. The van der Waals surface area contributed by atoms with Crippen LogP contribution in [0.15, 0.2) is 12.3 Å². The molecular formula is C15H25N5. The highest BCUT2D eigenvalue weighted by Gasteiger charge is 2.38. The normalized spacial score (nSPS) is 26.9. The summed E-state index contributed by atoms with van der Waals surface area (Å²) < 4.78 is 0. The van der Waals surface area contributed by atoms with Gasteiger partial charge in [0.15, 0.2) is 0 Å². The van der Waals surface area contributed by atoms with E-state index in [-0.39, 0.29) is 0 Å². The third-order valence-electron chi connectivity index (χ3n) is 4.31. The fraction of sp³-hybridized carbons (Fsp3) is 0.733. The first-order chi connectivity index (χ1) is 9.63. The van der Waals surface area contributed by atoms with Crippen LogP contribution in [0.4, 0.5) is 5.95 Å². The summed E-state index contributed by atoms with van der Waals surface area (Å²) in [4.78, 5) is 13.4.